The van der Waals surface area contributed by atoms with Crippen LogP contribution in [0.5, 0.6) is 11.5 Å². The van der Waals surface area contributed by atoms with Gasteiger partial charge in [-0.05, 0) is 42.5 Å². The van der Waals surface area contributed by atoms with Gasteiger partial charge in [0, 0.05) is 10.6 Å². The summed E-state index contributed by atoms with van der Waals surface area (Å²) in [4.78, 5) is 23.5. The van der Waals surface area contributed by atoms with Gasteiger partial charge in [-0.1, -0.05) is 11.6 Å². The first-order valence-electron chi connectivity index (χ1n) is 6.22. The summed E-state index contributed by atoms with van der Waals surface area (Å²) in [6.45, 7) is 0. The second-order valence-electron chi connectivity index (χ2n) is 4.24. The number of carbonyl (C=O) groups excluding carboxylic acids is 2. The second kappa shape index (κ2) is 6.93. The largest absolute Gasteiger partial charge is 0.493 e. The molecule has 0 saturated carbocycles. The molecule has 0 fully saturated rings. The van der Waals surface area contributed by atoms with Gasteiger partial charge in [0.05, 0.1) is 12.7 Å². The number of methoxy groups -OCH3 is 1. The van der Waals surface area contributed by atoms with Crippen molar-refractivity contribution in [2.75, 3.05) is 7.11 Å². The van der Waals surface area contributed by atoms with Crippen LogP contribution in [0.3, 0.4) is 0 Å². The Hall–Kier alpha value is -2.57. The molecule has 2 rings (SSSR count). The number of nitrogens with one attached hydrogen (secondary N) is 1. The maximum atomic E-state index is 12.0. The van der Waals surface area contributed by atoms with Gasteiger partial charge in [-0.15, -0.1) is 0 Å². The zero-order valence-corrected chi connectivity index (χ0v) is 12.4. The van der Waals surface area contributed by atoms with E-state index in [2.05, 4.69) is 0 Å². The van der Waals surface area contributed by atoms with Crippen molar-refractivity contribution in [3.63, 3.8) is 0 Å². The van der Waals surface area contributed by atoms with Crippen molar-refractivity contribution in [2.24, 2.45) is 5.84 Å². The molecule has 22 heavy (non-hydrogen) atoms. The molecule has 0 aliphatic rings. The summed E-state index contributed by atoms with van der Waals surface area (Å²) in [5.74, 6) is 4.45. The zero-order valence-electron chi connectivity index (χ0n) is 11.6. The number of carbonyl (C=O) groups is 2. The Kier molecular flexibility index (Phi) is 4.98. The highest BCUT2D eigenvalue weighted by atomic mass is 35.5. The van der Waals surface area contributed by atoms with Gasteiger partial charge in [-0.3, -0.25) is 10.2 Å². The van der Waals surface area contributed by atoms with Gasteiger partial charge in [0.1, 0.15) is 0 Å². The molecule has 0 aliphatic carbocycles. The van der Waals surface area contributed by atoms with Gasteiger partial charge in [0.15, 0.2) is 11.5 Å². The quantitative estimate of drug-likeness (QED) is 0.296. The van der Waals surface area contributed by atoms with Crippen LogP contribution in [0.15, 0.2) is 42.5 Å². The lowest BCUT2D eigenvalue weighted by Gasteiger charge is -2.10. The molecular weight excluding hydrogens is 308 g/mol. The summed E-state index contributed by atoms with van der Waals surface area (Å²) in [5.41, 5.74) is 2.64. The fourth-order valence-electron chi connectivity index (χ4n) is 1.72. The highest BCUT2D eigenvalue weighted by Crippen LogP contribution is 2.29. The molecule has 7 heteroatoms. The number of amides is 1. The number of nitrogen functional groups attached to an aromatic ring is 1. The highest BCUT2D eigenvalue weighted by Gasteiger charge is 2.14. The van der Waals surface area contributed by atoms with Crippen molar-refractivity contribution in [3.8, 4) is 11.5 Å². The fraction of sp³-hybridized carbons (Fsp3) is 0.0667. The molecule has 2 aromatic rings. The Labute approximate surface area is 131 Å². The number of benzene rings is 2. The maximum absolute atomic E-state index is 12.0. The molecule has 1 amide bonds. The zero-order chi connectivity index (χ0) is 16.1. The lowest BCUT2D eigenvalue weighted by Crippen LogP contribution is -2.29. The van der Waals surface area contributed by atoms with Crippen LogP contribution in [0, 0.1) is 0 Å². The van der Waals surface area contributed by atoms with Gasteiger partial charge >= 0.3 is 5.97 Å². The van der Waals surface area contributed by atoms with Crippen molar-refractivity contribution in [1.29, 1.82) is 0 Å². The third-order valence-electron chi connectivity index (χ3n) is 2.84. The van der Waals surface area contributed by atoms with Crippen LogP contribution >= 0.6 is 11.6 Å². The molecule has 0 spiro atoms. The van der Waals surface area contributed by atoms with E-state index in [1.54, 1.807) is 24.3 Å². The number of hydrogen-bond donors (Lipinski definition) is 2. The Balaban J connectivity index is 2.23. The molecule has 114 valence electrons. The molecule has 0 saturated heterocycles. The maximum Gasteiger partial charge on any atom is 0.343 e. The molecule has 3 N–H and O–H groups in total. The number of ether oxygens (including phenoxy) is 2. The topological polar surface area (TPSA) is 90.7 Å². The average molecular weight is 321 g/mol. The summed E-state index contributed by atoms with van der Waals surface area (Å²) in [5, 5.41) is 0.520. The van der Waals surface area contributed by atoms with Gasteiger partial charge in [0.25, 0.3) is 5.91 Å². The van der Waals surface area contributed by atoms with E-state index >= 15 is 0 Å². The van der Waals surface area contributed by atoms with Gasteiger partial charge < -0.3 is 9.47 Å². The summed E-state index contributed by atoms with van der Waals surface area (Å²) >= 11 is 5.76. The van der Waals surface area contributed by atoms with E-state index in [9.17, 15) is 9.59 Å². The number of nitrogens with two attached hydrogens (primary N) is 1. The van der Waals surface area contributed by atoms with Crippen molar-refractivity contribution in [2.45, 2.75) is 0 Å². The summed E-state index contributed by atoms with van der Waals surface area (Å²) < 4.78 is 10.4. The lowest BCUT2D eigenvalue weighted by atomic mass is 10.2. The van der Waals surface area contributed by atoms with Crippen LogP contribution in [0.2, 0.25) is 5.02 Å². The van der Waals surface area contributed by atoms with Gasteiger partial charge in [0.2, 0.25) is 0 Å². The number of rotatable bonds is 4. The normalized spacial score (nSPS) is 9.95. The second-order valence-corrected chi connectivity index (χ2v) is 4.67. The Bertz CT molecular complexity index is 701. The van der Waals surface area contributed by atoms with E-state index in [1.807, 2.05) is 5.43 Å². The molecule has 0 heterocycles. The molecule has 0 radical (unpaired) electrons. The Morgan fingerprint density at radius 2 is 1.68 bits per heavy atom. The smallest absolute Gasteiger partial charge is 0.343 e. The van der Waals surface area contributed by atoms with Crippen LogP contribution in [0.4, 0.5) is 0 Å². The minimum Gasteiger partial charge on any atom is -0.493 e. The van der Waals surface area contributed by atoms with Crippen molar-refractivity contribution in [1.82, 2.24) is 5.43 Å². The van der Waals surface area contributed by atoms with E-state index in [4.69, 9.17) is 26.9 Å². The van der Waals surface area contributed by atoms with Crippen LogP contribution in [0.25, 0.3) is 0 Å². The molecular formula is C15H13ClN2O4. The molecule has 0 aliphatic heterocycles. The predicted molar refractivity (Wildman–Crippen MR) is 81.1 cm³/mol. The molecule has 2 aromatic carbocycles. The van der Waals surface area contributed by atoms with Crippen molar-refractivity contribution < 1.29 is 19.1 Å². The molecule has 6 nitrogen and oxygen atoms in total. The highest BCUT2D eigenvalue weighted by molar-refractivity contribution is 6.30. The lowest BCUT2D eigenvalue weighted by molar-refractivity contribution is 0.0729. The van der Waals surface area contributed by atoms with Gasteiger partial charge in [-0.25, -0.2) is 10.6 Å². The minimum atomic E-state index is -0.564. The predicted octanol–water partition coefficient (Wildman–Crippen LogP) is 2.17. The Morgan fingerprint density at radius 1 is 1.05 bits per heavy atom. The van der Waals surface area contributed by atoms with E-state index < -0.39 is 11.9 Å². The summed E-state index contributed by atoms with van der Waals surface area (Å²) in [7, 11) is 1.40. The number of esters is 1. The van der Waals surface area contributed by atoms with E-state index in [0.29, 0.717) is 10.6 Å². The Morgan fingerprint density at radius 3 is 2.27 bits per heavy atom. The van der Waals surface area contributed by atoms with Gasteiger partial charge in [-0.2, -0.15) is 0 Å². The number of hydrazine groups is 1. The summed E-state index contributed by atoms with van der Waals surface area (Å²) in [6, 6.07) is 10.6. The van der Waals surface area contributed by atoms with E-state index in [0.717, 1.165) is 0 Å². The molecule has 0 atom stereocenters. The number of halogens is 1. The molecule has 0 unspecified atom stereocenters. The third kappa shape index (κ3) is 3.55. The van der Waals surface area contributed by atoms with Crippen molar-refractivity contribution >= 4 is 23.5 Å². The van der Waals surface area contributed by atoms with Crippen LogP contribution in [0.1, 0.15) is 20.7 Å². The van der Waals surface area contributed by atoms with E-state index in [1.165, 1.54) is 25.3 Å². The summed E-state index contributed by atoms with van der Waals surface area (Å²) in [6.07, 6.45) is 0. The van der Waals surface area contributed by atoms with Crippen LogP contribution < -0.4 is 20.7 Å². The molecule has 0 aromatic heterocycles. The van der Waals surface area contributed by atoms with Crippen LogP contribution in [-0.2, 0) is 0 Å². The average Bonchev–Trinajstić information content (AvgIpc) is 2.55. The monoisotopic (exact) mass is 320 g/mol. The number of hydrogen-bond acceptors (Lipinski definition) is 5. The first-order chi connectivity index (χ1) is 10.5. The standard InChI is InChI=1S/C15H13ClN2O4/c1-21-13-8-10(14(19)18-17)4-7-12(13)22-15(20)9-2-5-11(16)6-3-9/h2-8H,17H2,1H3,(H,18,19). The first kappa shape index (κ1) is 15.8. The van der Waals surface area contributed by atoms with E-state index in [-0.39, 0.29) is 17.1 Å². The fourth-order valence-corrected chi connectivity index (χ4v) is 1.85. The first-order valence-corrected chi connectivity index (χ1v) is 6.59. The third-order valence-corrected chi connectivity index (χ3v) is 3.09. The van der Waals surface area contributed by atoms with Crippen LogP contribution in [-0.4, -0.2) is 19.0 Å². The van der Waals surface area contributed by atoms with Crippen molar-refractivity contribution in [3.05, 3.63) is 58.6 Å². The minimum absolute atomic E-state index is 0.191. The molecule has 0 bridgehead atoms. The SMILES string of the molecule is COc1cc(C(=O)NN)ccc1OC(=O)c1ccc(Cl)cc1.